The molecule has 0 unspecified atom stereocenters. The molecule has 2 saturated carbocycles. The van der Waals surface area contributed by atoms with Gasteiger partial charge in [0.05, 0.1) is 12.8 Å². The largest absolute Gasteiger partial charge is 0.495 e. The van der Waals surface area contributed by atoms with E-state index in [0.717, 1.165) is 12.8 Å². The number of fused-ring (bicyclic) bond motifs is 2. The highest BCUT2D eigenvalue weighted by Crippen LogP contribution is 2.48. The summed E-state index contributed by atoms with van der Waals surface area (Å²) in [6, 6.07) is 7.19. The van der Waals surface area contributed by atoms with Crippen LogP contribution in [0.25, 0.3) is 0 Å². The number of carbonyl (C=O) groups is 1. The van der Waals surface area contributed by atoms with Crippen LogP contribution in [0.1, 0.15) is 19.3 Å². The number of urea groups is 1. The van der Waals surface area contributed by atoms with Crippen LogP contribution in [0.5, 0.6) is 5.75 Å². The number of para-hydroxylation sites is 2. The maximum Gasteiger partial charge on any atom is 0.319 e. The number of carbonyl (C=O) groups excluding carboxylic acids is 1. The fraction of sp³-hybridized carbons (Fsp3) is 0.562. The lowest BCUT2D eigenvalue weighted by Crippen LogP contribution is -2.46. The molecule has 4 atom stereocenters. The van der Waals surface area contributed by atoms with Crippen LogP contribution >= 0.6 is 0 Å². The zero-order valence-electron chi connectivity index (χ0n) is 12.2. The average Bonchev–Trinajstić information content (AvgIpc) is 3.08. The molecule has 2 amide bonds. The van der Waals surface area contributed by atoms with Gasteiger partial charge in [0.1, 0.15) is 5.75 Å². The monoisotopic (exact) mass is 290 g/mol. The summed E-state index contributed by atoms with van der Waals surface area (Å²) in [5.74, 6) is 1.92. The van der Waals surface area contributed by atoms with Crippen LogP contribution in [0.4, 0.5) is 10.5 Å². The van der Waals surface area contributed by atoms with Gasteiger partial charge in [0.15, 0.2) is 0 Å². The average molecular weight is 290 g/mol. The van der Waals surface area contributed by atoms with Gasteiger partial charge in [-0.3, -0.25) is 0 Å². The summed E-state index contributed by atoms with van der Waals surface area (Å²) in [6.07, 6.45) is 3.47. The zero-order chi connectivity index (χ0) is 14.8. The second-order valence-electron chi connectivity index (χ2n) is 6.00. The Morgan fingerprint density at radius 3 is 2.86 bits per heavy atom. The zero-order valence-corrected chi connectivity index (χ0v) is 12.2. The number of nitrogens with one attached hydrogen (secondary N) is 2. The van der Waals surface area contributed by atoms with Gasteiger partial charge in [-0.05, 0) is 43.2 Å². The first-order chi connectivity index (χ1) is 10.2. The van der Waals surface area contributed by atoms with Crippen molar-refractivity contribution in [1.82, 2.24) is 5.32 Å². The molecule has 1 aromatic carbocycles. The molecular formula is C16H22N2O3. The van der Waals surface area contributed by atoms with E-state index in [1.807, 2.05) is 24.3 Å². The Balaban J connectivity index is 1.64. The SMILES string of the molecule is COc1ccccc1NC(=O)N[C@H]1[C@H]2CC[C@@H](C2)[C@H]1CO. The van der Waals surface area contributed by atoms with Crippen molar-refractivity contribution in [3.63, 3.8) is 0 Å². The third-order valence-corrected chi connectivity index (χ3v) is 4.95. The van der Waals surface area contributed by atoms with E-state index in [9.17, 15) is 9.90 Å². The molecule has 5 nitrogen and oxygen atoms in total. The highest BCUT2D eigenvalue weighted by atomic mass is 16.5. The Labute approximate surface area is 124 Å². The van der Waals surface area contributed by atoms with Crippen molar-refractivity contribution >= 4 is 11.7 Å². The van der Waals surface area contributed by atoms with Crippen molar-refractivity contribution in [3.05, 3.63) is 24.3 Å². The number of ether oxygens (including phenoxy) is 1. The lowest BCUT2D eigenvalue weighted by atomic mass is 9.85. The summed E-state index contributed by atoms with van der Waals surface area (Å²) in [6.45, 7) is 0.154. The van der Waals surface area contributed by atoms with Gasteiger partial charge in [-0.25, -0.2) is 4.79 Å². The molecule has 0 radical (unpaired) electrons. The summed E-state index contributed by atoms with van der Waals surface area (Å²) < 4.78 is 5.23. The lowest BCUT2D eigenvalue weighted by Gasteiger charge is -2.30. The number of amides is 2. The van der Waals surface area contributed by atoms with Gasteiger partial charge in [0.2, 0.25) is 0 Å². The number of rotatable bonds is 4. The van der Waals surface area contributed by atoms with E-state index in [0.29, 0.717) is 23.3 Å². The minimum Gasteiger partial charge on any atom is -0.495 e. The number of benzene rings is 1. The van der Waals surface area contributed by atoms with Crippen LogP contribution in [0, 0.1) is 17.8 Å². The van der Waals surface area contributed by atoms with Crippen LogP contribution in [-0.2, 0) is 0 Å². The van der Waals surface area contributed by atoms with Gasteiger partial charge < -0.3 is 20.5 Å². The predicted octanol–water partition coefficient (Wildman–Crippen LogP) is 2.22. The third kappa shape index (κ3) is 2.70. The molecule has 114 valence electrons. The molecule has 2 aliphatic carbocycles. The molecule has 5 heteroatoms. The highest BCUT2D eigenvalue weighted by molar-refractivity contribution is 5.91. The van der Waals surface area contributed by atoms with Crippen molar-refractivity contribution < 1.29 is 14.6 Å². The molecule has 0 spiro atoms. The summed E-state index contributed by atoms with van der Waals surface area (Å²) in [4.78, 5) is 12.2. The number of hydrogen-bond donors (Lipinski definition) is 3. The lowest BCUT2D eigenvalue weighted by molar-refractivity contribution is 0.146. The molecule has 2 fully saturated rings. The van der Waals surface area contributed by atoms with Gasteiger partial charge in [0.25, 0.3) is 0 Å². The maximum atomic E-state index is 12.2. The summed E-state index contributed by atoms with van der Waals surface area (Å²) in [7, 11) is 1.58. The predicted molar refractivity (Wildman–Crippen MR) is 80.3 cm³/mol. The molecule has 21 heavy (non-hydrogen) atoms. The number of methoxy groups -OCH3 is 1. The van der Waals surface area contributed by atoms with Crippen LogP contribution in [0.3, 0.4) is 0 Å². The van der Waals surface area contributed by atoms with Gasteiger partial charge in [0, 0.05) is 18.6 Å². The van der Waals surface area contributed by atoms with Crippen molar-refractivity contribution in [1.29, 1.82) is 0 Å². The van der Waals surface area contributed by atoms with Crippen LogP contribution in [0.2, 0.25) is 0 Å². The van der Waals surface area contributed by atoms with E-state index in [-0.39, 0.29) is 24.6 Å². The minimum atomic E-state index is -0.226. The van der Waals surface area contributed by atoms with Crippen molar-refractivity contribution in [2.75, 3.05) is 19.0 Å². The van der Waals surface area contributed by atoms with E-state index < -0.39 is 0 Å². The maximum absolute atomic E-state index is 12.2. The number of aliphatic hydroxyl groups excluding tert-OH is 1. The Kier molecular flexibility index (Phi) is 4.01. The third-order valence-electron chi connectivity index (χ3n) is 4.95. The minimum absolute atomic E-state index is 0.0865. The summed E-state index contributed by atoms with van der Waals surface area (Å²) >= 11 is 0. The molecule has 0 aliphatic heterocycles. The summed E-state index contributed by atoms with van der Waals surface area (Å²) in [5, 5.41) is 15.4. The molecule has 3 rings (SSSR count). The topological polar surface area (TPSA) is 70.6 Å². The summed E-state index contributed by atoms with van der Waals surface area (Å²) in [5.41, 5.74) is 0.654. The molecular weight excluding hydrogens is 268 g/mol. The first kappa shape index (κ1) is 14.2. The fourth-order valence-electron chi connectivity index (χ4n) is 3.96. The highest BCUT2D eigenvalue weighted by Gasteiger charge is 2.47. The van der Waals surface area contributed by atoms with Crippen molar-refractivity contribution in [2.24, 2.45) is 17.8 Å². The van der Waals surface area contributed by atoms with Crippen LogP contribution in [0.15, 0.2) is 24.3 Å². The first-order valence-electron chi connectivity index (χ1n) is 7.54. The standard InChI is InChI=1S/C16H22N2O3/c1-21-14-5-3-2-4-13(14)17-16(20)18-15-11-7-6-10(8-11)12(15)9-19/h2-5,10-12,15,19H,6-9H2,1H3,(H2,17,18,20)/t10-,11-,12+,15-/m0/s1. The quantitative estimate of drug-likeness (QED) is 0.796. The van der Waals surface area contributed by atoms with Crippen LogP contribution in [-0.4, -0.2) is 30.9 Å². The van der Waals surface area contributed by atoms with Gasteiger partial charge in [-0.2, -0.15) is 0 Å². The van der Waals surface area contributed by atoms with Gasteiger partial charge in [-0.15, -0.1) is 0 Å². The van der Waals surface area contributed by atoms with E-state index in [1.165, 1.54) is 6.42 Å². The Bertz CT molecular complexity index is 520. The smallest absolute Gasteiger partial charge is 0.319 e. The molecule has 1 aromatic rings. The molecule has 2 bridgehead atoms. The van der Waals surface area contributed by atoms with Gasteiger partial charge >= 0.3 is 6.03 Å². The van der Waals surface area contributed by atoms with Crippen LogP contribution < -0.4 is 15.4 Å². The van der Waals surface area contributed by atoms with E-state index in [2.05, 4.69) is 10.6 Å². The fourth-order valence-corrected chi connectivity index (χ4v) is 3.96. The molecule has 3 N–H and O–H groups in total. The Hall–Kier alpha value is -1.75. The van der Waals surface area contributed by atoms with E-state index >= 15 is 0 Å². The van der Waals surface area contributed by atoms with E-state index in [4.69, 9.17) is 4.74 Å². The number of aliphatic hydroxyl groups is 1. The van der Waals surface area contributed by atoms with Crippen molar-refractivity contribution in [2.45, 2.75) is 25.3 Å². The second-order valence-corrected chi connectivity index (χ2v) is 6.00. The normalized spacial score (nSPS) is 30.2. The Morgan fingerprint density at radius 2 is 2.10 bits per heavy atom. The second kappa shape index (κ2) is 5.93. The number of hydrogen-bond acceptors (Lipinski definition) is 3. The number of anilines is 1. The molecule has 0 saturated heterocycles. The van der Waals surface area contributed by atoms with Gasteiger partial charge in [-0.1, -0.05) is 12.1 Å². The molecule has 2 aliphatic rings. The molecule has 0 heterocycles. The van der Waals surface area contributed by atoms with Crippen molar-refractivity contribution in [3.8, 4) is 5.75 Å². The molecule has 0 aromatic heterocycles. The first-order valence-corrected chi connectivity index (χ1v) is 7.54. The Morgan fingerprint density at radius 1 is 1.33 bits per heavy atom. The van der Waals surface area contributed by atoms with E-state index in [1.54, 1.807) is 7.11 Å².